The topological polar surface area (TPSA) is 55.0 Å². The van der Waals surface area contributed by atoms with Gasteiger partial charge in [0.05, 0.1) is 16.6 Å². The Bertz CT molecular complexity index is 939. The molecule has 168 valence electrons. The summed E-state index contributed by atoms with van der Waals surface area (Å²) in [6, 6.07) is 3.71. The van der Waals surface area contributed by atoms with Gasteiger partial charge in [-0.15, -0.1) is 0 Å². The minimum atomic E-state index is -0.700. The lowest BCUT2D eigenvalue weighted by Crippen LogP contribution is -2.47. The molecule has 1 aromatic heterocycles. The van der Waals surface area contributed by atoms with Gasteiger partial charge in [0, 0.05) is 77.6 Å². The van der Waals surface area contributed by atoms with Gasteiger partial charge >= 0.3 is 0 Å². The highest BCUT2D eigenvalue weighted by Crippen LogP contribution is 2.30. The van der Waals surface area contributed by atoms with Gasteiger partial charge in [0.2, 0.25) is 0 Å². The van der Waals surface area contributed by atoms with Gasteiger partial charge in [0.15, 0.2) is 0 Å². The number of pyridine rings is 1. The molecule has 3 heterocycles. The molecule has 0 radical (unpaired) electrons. The number of carbonyl (C=O) groups is 1. The second-order valence-corrected chi connectivity index (χ2v) is 8.50. The van der Waals surface area contributed by atoms with Crippen LogP contribution in [0.2, 0.25) is 0 Å². The number of hydrogen-bond donors (Lipinski definition) is 1. The van der Waals surface area contributed by atoms with Crippen molar-refractivity contribution >= 4 is 22.5 Å². The van der Waals surface area contributed by atoms with E-state index in [9.17, 15) is 13.6 Å². The Hall–Kier alpha value is -2.36. The fraction of sp³-hybridized carbons (Fsp3) is 0.545. The fourth-order valence-electron chi connectivity index (χ4n) is 4.17. The van der Waals surface area contributed by atoms with Crippen LogP contribution >= 0.6 is 0 Å². The summed E-state index contributed by atoms with van der Waals surface area (Å²) in [6.07, 6.45) is 0. The number of likely N-dealkylation sites (N-methyl/N-ethyl adjacent to an activating group) is 2. The molecule has 2 saturated heterocycles. The Morgan fingerprint density at radius 2 is 1.61 bits per heavy atom. The third-order valence-electron chi connectivity index (χ3n) is 6.19. The highest BCUT2D eigenvalue weighted by molar-refractivity contribution is 6.00. The van der Waals surface area contributed by atoms with Crippen LogP contribution in [0.25, 0.3) is 10.9 Å². The van der Waals surface area contributed by atoms with Crippen LogP contribution in [0, 0.1) is 11.6 Å². The number of benzene rings is 1. The normalized spacial score (nSPS) is 19.2. The number of halogens is 2. The van der Waals surface area contributed by atoms with Crippen LogP contribution in [-0.2, 0) is 0 Å². The maximum atomic E-state index is 14.7. The van der Waals surface area contributed by atoms with Crippen LogP contribution in [-0.4, -0.2) is 105 Å². The SMILES string of the molecule is CN1CCN(CCNC(=O)c2cc(N3CCN(C)CC3)c3c(F)cc(F)cc3n2)CC1. The molecule has 31 heavy (non-hydrogen) atoms. The summed E-state index contributed by atoms with van der Waals surface area (Å²) >= 11 is 0. The molecule has 0 saturated carbocycles. The van der Waals surface area contributed by atoms with Gasteiger partial charge < -0.3 is 20.0 Å². The monoisotopic (exact) mass is 432 g/mol. The molecule has 7 nitrogen and oxygen atoms in total. The molecule has 1 N–H and O–H groups in total. The summed E-state index contributed by atoms with van der Waals surface area (Å²) < 4.78 is 28.6. The second-order valence-electron chi connectivity index (χ2n) is 8.50. The number of carbonyl (C=O) groups excluding carboxylic acids is 1. The van der Waals surface area contributed by atoms with Crippen molar-refractivity contribution < 1.29 is 13.6 Å². The number of anilines is 1. The molecular formula is C22H30F2N6O. The molecule has 1 amide bonds. The average molecular weight is 433 g/mol. The van der Waals surface area contributed by atoms with Crippen molar-refractivity contribution in [3.63, 3.8) is 0 Å². The summed E-state index contributed by atoms with van der Waals surface area (Å²) in [4.78, 5) is 26.0. The fourth-order valence-corrected chi connectivity index (χ4v) is 4.17. The van der Waals surface area contributed by atoms with Gasteiger partial charge in [0.25, 0.3) is 5.91 Å². The zero-order valence-corrected chi connectivity index (χ0v) is 18.2. The highest BCUT2D eigenvalue weighted by Gasteiger charge is 2.22. The minimum Gasteiger partial charge on any atom is -0.368 e. The number of hydrogen-bond acceptors (Lipinski definition) is 6. The smallest absolute Gasteiger partial charge is 0.270 e. The van der Waals surface area contributed by atoms with Gasteiger partial charge in [-0.05, 0) is 20.2 Å². The summed E-state index contributed by atoms with van der Waals surface area (Å²) in [7, 11) is 4.14. The van der Waals surface area contributed by atoms with Crippen molar-refractivity contribution in [3.05, 3.63) is 35.5 Å². The molecule has 0 bridgehead atoms. The van der Waals surface area contributed by atoms with Crippen molar-refractivity contribution in [2.75, 3.05) is 84.4 Å². The van der Waals surface area contributed by atoms with Gasteiger partial charge in [-0.25, -0.2) is 13.8 Å². The Morgan fingerprint density at radius 3 is 2.29 bits per heavy atom. The van der Waals surface area contributed by atoms with E-state index in [1.165, 1.54) is 6.07 Å². The van der Waals surface area contributed by atoms with Gasteiger partial charge in [0.1, 0.15) is 17.3 Å². The standard InChI is InChI=1S/C22H30F2N6O/c1-27-5-9-29(10-6-27)4-3-25-22(31)19-15-20(30-11-7-28(2)8-12-30)21-17(24)13-16(23)14-18(21)26-19/h13-15H,3-12H2,1-2H3,(H,25,31). The predicted molar refractivity (Wildman–Crippen MR) is 118 cm³/mol. The summed E-state index contributed by atoms with van der Waals surface area (Å²) in [6.45, 7) is 8.34. The van der Waals surface area contributed by atoms with Crippen LogP contribution < -0.4 is 10.2 Å². The molecule has 2 fully saturated rings. The van der Waals surface area contributed by atoms with Crippen molar-refractivity contribution in [2.45, 2.75) is 0 Å². The summed E-state index contributed by atoms with van der Waals surface area (Å²) in [5, 5.41) is 3.18. The lowest BCUT2D eigenvalue weighted by atomic mass is 10.1. The third kappa shape index (κ3) is 5.11. The Balaban J connectivity index is 1.53. The van der Waals surface area contributed by atoms with Crippen LogP contribution in [0.15, 0.2) is 18.2 Å². The number of piperazine rings is 2. The van der Waals surface area contributed by atoms with Gasteiger partial charge in [-0.2, -0.15) is 0 Å². The van der Waals surface area contributed by atoms with Crippen molar-refractivity contribution in [1.29, 1.82) is 0 Å². The minimum absolute atomic E-state index is 0.165. The molecule has 2 aliphatic heterocycles. The molecule has 4 rings (SSSR count). The lowest BCUT2D eigenvalue weighted by molar-refractivity contribution is 0.0936. The predicted octanol–water partition coefficient (Wildman–Crippen LogP) is 1.24. The Morgan fingerprint density at radius 1 is 0.968 bits per heavy atom. The average Bonchev–Trinajstić information content (AvgIpc) is 2.74. The quantitative estimate of drug-likeness (QED) is 0.768. The first kappa shape index (κ1) is 21.9. The summed E-state index contributed by atoms with van der Waals surface area (Å²) in [5.74, 6) is -1.68. The van der Waals surface area contributed by atoms with Crippen LogP contribution in [0.3, 0.4) is 0 Å². The van der Waals surface area contributed by atoms with E-state index in [0.29, 0.717) is 25.3 Å². The highest BCUT2D eigenvalue weighted by atomic mass is 19.1. The number of fused-ring (bicyclic) bond motifs is 1. The summed E-state index contributed by atoms with van der Waals surface area (Å²) in [5.41, 5.74) is 0.947. The first-order valence-electron chi connectivity index (χ1n) is 10.8. The molecule has 2 aromatic rings. The largest absolute Gasteiger partial charge is 0.368 e. The van der Waals surface area contributed by atoms with Crippen molar-refractivity contribution in [3.8, 4) is 0 Å². The molecule has 9 heteroatoms. The zero-order valence-electron chi connectivity index (χ0n) is 18.2. The number of aromatic nitrogens is 1. The zero-order chi connectivity index (χ0) is 22.0. The first-order chi connectivity index (χ1) is 14.9. The van der Waals surface area contributed by atoms with E-state index in [1.54, 1.807) is 6.07 Å². The van der Waals surface area contributed by atoms with E-state index >= 15 is 0 Å². The Kier molecular flexibility index (Phi) is 6.64. The van der Waals surface area contributed by atoms with E-state index in [1.807, 2.05) is 11.9 Å². The number of nitrogens with zero attached hydrogens (tertiary/aromatic N) is 5. The van der Waals surface area contributed by atoms with E-state index in [-0.39, 0.29) is 22.5 Å². The molecule has 0 spiro atoms. The maximum absolute atomic E-state index is 14.7. The lowest BCUT2D eigenvalue weighted by Gasteiger charge is -2.34. The van der Waals surface area contributed by atoms with Crippen LogP contribution in [0.1, 0.15) is 10.5 Å². The van der Waals surface area contributed by atoms with E-state index in [0.717, 1.165) is 51.9 Å². The van der Waals surface area contributed by atoms with Crippen molar-refractivity contribution in [1.82, 2.24) is 25.0 Å². The maximum Gasteiger partial charge on any atom is 0.270 e. The molecule has 2 aliphatic rings. The first-order valence-corrected chi connectivity index (χ1v) is 10.8. The molecule has 1 aromatic carbocycles. The van der Waals surface area contributed by atoms with Crippen LogP contribution in [0.5, 0.6) is 0 Å². The van der Waals surface area contributed by atoms with Gasteiger partial charge in [-0.3, -0.25) is 9.69 Å². The molecule has 0 aliphatic carbocycles. The molecule has 0 unspecified atom stereocenters. The van der Waals surface area contributed by atoms with E-state index in [4.69, 9.17) is 0 Å². The van der Waals surface area contributed by atoms with Gasteiger partial charge in [-0.1, -0.05) is 0 Å². The van der Waals surface area contributed by atoms with Crippen molar-refractivity contribution in [2.24, 2.45) is 0 Å². The van der Waals surface area contributed by atoms with E-state index < -0.39 is 11.6 Å². The van der Waals surface area contributed by atoms with E-state index in [2.05, 4.69) is 32.0 Å². The second kappa shape index (κ2) is 9.42. The number of rotatable bonds is 5. The molecule has 0 atom stereocenters. The Labute approximate surface area is 181 Å². The van der Waals surface area contributed by atoms with Crippen LogP contribution in [0.4, 0.5) is 14.5 Å². The number of nitrogens with one attached hydrogen (secondary N) is 1. The third-order valence-corrected chi connectivity index (χ3v) is 6.19. The molecular weight excluding hydrogens is 402 g/mol. The number of amides is 1.